The minimum Gasteiger partial charge on any atom is -0.481 e. The minimum atomic E-state index is -1.03. The molecule has 1 heterocycles. The van der Waals surface area contributed by atoms with E-state index >= 15 is 0 Å². The monoisotopic (exact) mass is 569 g/mol. The van der Waals surface area contributed by atoms with Crippen LogP contribution >= 0.6 is 0 Å². The van der Waals surface area contributed by atoms with E-state index in [1.807, 2.05) is 54.6 Å². The standard InChI is InChI=1S/C34H39N3O5/c38-32(39)19-18-31(33(40)35-25-13-5-2-10-20-37(22-25)21-24-11-3-1-4-12-24)36-34(41)42-23-30-28-16-8-6-14-26(28)27-15-7-9-17-29(27)30/h1,3-4,6-9,11-12,14-17,25,30-31H,2,5,10,13,18-23H2,(H,35,40)(H,36,41)(H,38,39). The summed E-state index contributed by atoms with van der Waals surface area (Å²) in [5.41, 5.74) is 5.66. The zero-order valence-corrected chi connectivity index (χ0v) is 23.8. The van der Waals surface area contributed by atoms with E-state index in [0.717, 1.165) is 61.0 Å². The first-order valence-electron chi connectivity index (χ1n) is 14.9. The second kappa shape index (κ2) is 14.1. The predicted octanol–water partition coefficient (Wildman–Crippen LogP) is 5.32. The van der Waals surface area contributed by atoms with E-state index in [4.69, 9.17) is 4.74 Å². The van der Waals surface area contributed by atoms with E-state index in [1.54, 1.807) is 0 Å². The lowest BCUT2D eigenvalue weighted by Crippen LogP contribution is -2.52. The third kappa shape index (κ3) is 7.56. The highest BCUT2D eigenvalue weighted by Crippen LogP contribution is 2.44. The number of amides is 2. The normalized spacial score (nSPS) is 17.7. The van der Waals surface area contributed by atoms with Crippen molar-refractivity contribution in [1.29, 1.82) is 0 Å². The van der Waals surface area contributed by atoms with Gasteiger partial charge < -0.3 is 20.5 Å². The minimum absolute atomic E-state index is 0.0220. The predicted molar refractivity (Wildman–Crippen MR) is 161 cm³/mol. The number of carbonyl (C=O) groups excluding carboxylic acids is 2. The molecule has 220 valence electrons. The topological polar surface area (TPSA) is 108 Å². The highest BCUT2D eigenvalue weighted by molar-refractivity contribution is 5.86. The van der Waals surface area contributed by atoms with E-state index in [-0.39, 0.29) is 37.3 Å². The van der Waals surface area contributed by atoms with Gasteiger partial charge in [-0.25, -0.2) is 4.79 Å². The fraction of sp³-hybridized carbons (Fsp3) is 0.382. The Hall–Kier alpha value is -4.17. The smallest absolute Gasteiger partial charge is 0.407 e. The molecule has 42 heavy (non-hydrogen) atoms. The highest BCUT2D eigenvalue weighted by atomic mass is 16.5. The van der Waals surface area contributed by atoms with Gasteiger partial charge in [0.15, 0.2) is 0 Å². The number of likely N-dealkylation sites (tertiary alicyclic amines) is 1. The van der Waals surface area contributed by atoms with Crippen molar-refractivity contribution >= 4 is 18.0 Å². The van der Waals surface area contributed by atoms with Crippen molar-refractivity contribution in [3.63, 3.8) is 0 Å². The molecule has 0 radical (unpaired) electrons. The second-order valence-corrected chi connectivity index (χ2v) is 11.2. The van der Waals surface area contributed by atoms with Crippen LogP contribution in [0, 0.1) is 0 Å². The zero-order valence-electron chi connectivity index (χ0n) is 23.8. The summed E-state index contributed by atoms with van der Waals surface area (Å²) >= 11 is 0. The lowest BCUT2D eigenvalue weighted by molar-refractivity contribution is -0.137. The molecule has 0 saturated carbocycles. The lowest BCUT2D eigenvalue weighted by Gasteiger charge is -2.31. The van der Waals surface area contributed by atoms with Gasteiger partial charge in [0.1, 0.15) is 12.6 Å². The summed E-state index contributed by atoms with van der Waals surface area (Å²) in [5, 5.41) is 15.1. The van der Waals surface area contributed by atoms with Crippen LogP contribution in [0.2, 0.25) is 0 Å². The van der Waals surface area contributed by atoms with E-state index in [9.17, 15) is 19.5 Å². The molecule has 8 heteroatoms. The maximum Gasteiger partial charge on any atom is 0.407 e. The molecule has 3 N–H and O–H groups in total. The molecule has 2 unspecified atom stereocenters. The van der Waals surface area contributed by atoms with Crippen molar-refractivity contribution in [1.82, 2.24) is 15.5 Å². The van der Waals surface area contributed by atoms with E-state index in [1.165, 1.54) is 5.56 Å². The first kappa shape index (κ1) is 29.3. The van der Waals surface area contributed by atoms with Gasteiger partial charge in [-0.15, -0.1) is 0 Å². The molecule has 3 aromatic rings. The van der Waals surface area contributed by atoms with Gasteiger partial charge in [-0.05, 0) is 53.6 Å². The Kier molecular flexibility index (Phi) is 9.87. The number of carboxylic acids is 1. The maximum atomic E-state index is 13.4. The Balaban J connectivity index is 1.21. The van der Waals surface area contributed by atoms with Crippen LogP contribution in [0.15, 0.2) is 78.9 Å². The molecule has 5 rings (SSSR count). The van der Waals surface area contributed by atoms with Gasteiger partial charge in [0, 0.05) is 31.5 Å². The summed E-state index contributed by atoms with van der Waals surface area (Å²) in [6.45, 7) is 2.55. The number of carbonyl (C=O) groups is 3. The summed E-state index contributed by atoms with van der Waals surface area (Å²) in [6, 6.07) is 25.3. The number of rotatable bonds is 10. The SMILES string of the molecule is O=C(O)CCC(NC(=O)OCC1c2ccccc2-c2ccccc21)C(=O)NC1CCCCCN(Cc2ccccc2)C1. The third-order valence-electron chi connectivity index (χ3n) is 8.20. The van der Waals surface area contributed by atoms with Crippen LogP contribution in [-0.4, -0.2) is 59.8 Å². The van der Waals surface area contributed by atoms with Gasteiger partial charge >= 0.3 is 12.1 Å². The number of hydrogen-bond acceptors (Lipinski definition) is 5. The molecule has 3 aromatic carbocycles. The number of alkyl carbamates (subject to hydrolysis) is 1. The van der Waals surface area contributed by atoms with Crippen LogP contribution in [0.1, 0.15) is 61.1 Å². The lowest BCUT2D eigenvalue weighted by atomic mass is 9.98. The van der Waals surface area contributed by atoms with Gasteiger partial charge in [0.2, 0.25) is 5.91 Å². The van der Waals surface area contributed by atoms with Crippen molar-refractivity contribution in [2.24, 2.45) is 0 Å². The summed E-state index contributed by atoms with van der Waals surface area (Å²) in [4.78, 5) is 40.1. The molecule has 2 amide bonds. The van der Waals surface area contributed by atoms with Gasteiger partial charge in [0.25, 0.3) is 0 Å². The number of benzene rings is 3. The van der Waals surface area contributed by atoms with Crippen molar-refractivity contribution in [3.05, 3.63) is 95.6 Å². The number of hydrogen-bond donors (Lipinski definition) is 3. The summed E-state index contributed by atoms with van der Waals surface area (Å²) < 4.78 is 5.65. The van der Waals surface area contributed by atoms with Crippen molar-refractivity contribution in [2.75, 3.05) is 19.7 Å². The largest absolute Gasteiger partial charge is 0.481 e. The van der Waals surface area contributed by atoms with Crippen LogP contribution < -0.4 is 10.6 Å². The van der Waals surface area contributed by atoms with Crippen LogP contribution in [-0.2, 0) is 20.9 Å². The summed E-state index contributed by atoms with van der Waals surface area (Å²) in [6.07, 6.45) is 3.03. The van der Waals surface area contributed by atoms with Crippen LogP contribution in [0.3, 0.4) is 0 Å². The number of fused-ring (bicyclic) bond motifs is 3. The quantitative estimate of drug-likeness (QED) is 0.305. The molecule has 2 atom stereocenters. The zero-order chi connectivity index (χ0) is 29.3. The molecule has 0 bridgehead atoms. The third-order valence-corrected chi connectivity index (χ3v) is 8.20. The molecule has 8 nitrogen and oxygen atoms in total. The number of nitrogens with one attached hydrogen (secondary N) is 2. The summed E-state index contributed by atoms with van der Waals surface area (Å²) in [5.74, 6) is -1.52. The number of aliphatic carboxylic acids is 1. The molecule has 0 aromatic heterocycles. The van der Waals surface area contributed by atoms with Crippen molar-refractivity contribution < 1.29 is 24.2 Å². The Bertz CT molecular complexity index is 1330. The average molecular weight is 570 g/mol. The fourth-order valence-corrected chi connectivity index (χ4v) is 6.12. The Morgan fingerprint density at radius 3 is 2.24 bits per heavy atom. The Labute approximate surface area is 247 Å². The maximum absolute atomic E-state index is 13.4. The van der Waals surface area contributed by atoms with Crippen molar-refractivity contribution in [3.8, 4) is 11.1 Å². The first-order chi connectivity index (χ1) is 20.5. The van der Waals surface area contributed by atoms with Crippen LogP contribution in [0.25, 0.3) is 11.1 Å². The van der Waals surface area contributed by atoms with Crippen LogP contribution in [0.4, 0.5) is 4.79 Å². The Morgan fingerprint density at radius 2 is 1.55 bits per heavy atom. The molecule has 2 aliphatic rings. The van der Waals surface area contributed by atoms with Gasteiger partial charge in [0.05, 0.1) is 0 Å². The molecule has 1 fully saturated rings. The first-order valence-corrected chi connectivity index (χ1v) is 14.9. The average Bonchev–Trinajstić information content (AvgIpc) is 3.30. The molecule has 1 aliphatic heterocycles. The molecular weight excluding hydrogens is 530 g/mol. The van der Waals surface area contributed by atoms with Crippen LogP contribution in [0.5, 0.6) is 0 Å². The fourth-order valence-electron chi connectivity index (χ4n) is 6.12. The van der Waals surface area contributed by atoms with E-state index in [0.29, 0.717) is 6.54 Å². The number of ether oxygens (including phenoxy) is 1. The van der Waals surface area contributed by atoms with Gasteiger partial charge in [-0.1, -0.05) is 91.7 Å². The second-order valence-electron chi connectivity index (χ2n) is 11.2. The molecule has 1 aliphatic carbocycles. The van der Waals surface area contributed by atoms with Crippen molar-refractivity contribution in [2.45, 2.75) is 63.1 Å². The highest BCUT2D eigenvalue weighted by Gasteiger charge is 2.30. The molecule has 0 spiro atoms. The van der Waals surface area contributed by atoms with Gasteiger partial charge in [-0.3, -0.25) is 14.5 Å². The van der Waals surface area contributed by atoms with E-state index < -0.39 is 18.1 Å². The molecule has 1 saturated heterocycles. The number of nitrogens with zero attached hydrogens (tertiary/aromatic N) is 1. The molecular formula is C34H39N3O5. The number of carboxylic acid groups (broad SMARTS) is 1. The van der Waals surface area contributed by atoms with Gasteiger partial charge in [-0.2, -0.15) is 0 Å². The summed E-state index contributed by atoms with van der Waals surface area (Å²) in [7, 11) is 0. The Morgan fingerprint density at radius 1 is 0.881 bits per heavy atom. The van der Waals surface area contributed by atoms with E-state index in [2.05, 4.69) is 39.8 Å².